The Hall–Kier alpha value is -3.40. The van der Waals surface area contributed by atoms with E-state index in [0.29, 0.717) is 10.6 Å². The topological polar surface area (TPSA) is 57.9 Å². The Labute approximate surface area is 187 Å². The molecule has 4 rings (SSSR count). The minimum absolute atomic E-state index is 0.480. The number of nitrogens with zero attached hydrogens (tertiary/aromatic N) is 2. The molecule has 146 valence electrons. The molecule has 0 radical (unpaired) electrons. The summed E-state index contributed by atoms with van der Waals surface area (Å²) in [5, 5.41) is 15.4. The zero-order valence-electron chi connectivity index (χ0n) is 15.7. The number of benzene rings is 3. The minimum Gasteiger partial charge on any atom is -0.457 e. The van der Waals surface area contributed by atoms with Gasteiger partial charge < -0.3 is 10.1 Å². The van der Waals surface area contributed by atoms with Crippen LogP contribution in [0.25, 0.3) is 16.8 Å². The van der Waals surface area contributed by atoms with Crippen molar-refractivity contribution in [3.05, 3.63) is 99.9 Å². The number of rotatable bonds is 6. The molecule has 0 amide bonds. The molecule has 1 N–H and O–H groups in total. The summed E-state index contributed by atoms with van der Waals surface area (Å²) in [5.41, 5.74) is 3.20. The summed E-state index contributed by atoms with van der Waals surface area (Å²) in [7, 11) is 0. The van der Waals surface area contributed by atoms with Gasteiger partial charge in [0.25, 0.3) is 0 Å². The molecule has 0 aliphatic carbocycles. The van der Waals surface area contributed by atoms with Gasteiger partial charge in [0.05, 0.1) is 5.69 Å². The highest BCUT2D eigenvalue weighted by atomic mass is 79.9. The van der Waals surface area contributed by atoms with Crippen LogP contribution in [0.3, 0.4) is 0 Å². The summed E-state index contributed by atoms with van der Waals surface area (Å²) in [4.78, 5) is 4.61. The highest BCUT2D eigenvalue weighted by molar-refractivity contribution is 9.10. The zero-order chi connectivity index (χ0) is 20.8. The summed E-state index contributed by atoms with van der Waals surface area (Å²) in [6.07, 6.45) is 1.68. The molecule has 1 heterocycles. The van der Waals surface area contributed by atoms with E-state index in [1.807, 2.05) is 84.2 Å². The van der Waals surface area contributed by atoms with Crippen LogP contribution in [0, 0.1) is 11.3 Å². The van der Waals surface area contributed by atoms with Crippen molar-refractivity contribution in [2.75, 3.05) is 5.32 Å². The Bertz CT molecular complexity index is 1190. The first kappa shape index (κ1) is 19.9. The fraction of sp³-hybridized carbons (Fsp3) is 0. The monoisotopic (exact) mass is 473 g/mol. The number of anilines is 1. The molecule has 4 nitrogen and oxygen atoms in total. The maximum absolute atomic E-state index is 9.56. The van der Waals surface area contributed by atoms with Crippen LogP contribution in [0.5, 0.6) is 11.5 Å². The van der Waals surface area contributed by atoms with E-state index in [2.05, 4.69) is 32.3 Å². The molecule has 0 fully saturated rings. The number of halogens is 1. The van der Waals surface area contributed by atoms with Crippen LogP contribution in [0.1, 0.15) is 5.01 Å². The van der Waals surface area contributed by atoms with Gasteiger partial charge in [0, 0.05) is 27.3 Å². The van der Waals surface area contributed by atoms with Crippen LogP contribution in [-0.4, -0.2) is 4.98 Å². The summed E-state index contributed by atoms with van der Waals surface area (Å²) in [6.45, 7) is 0. The van der Waals surface area contributed by atoms with E-state index >= 15 is 0 Å². The van der Waals surface area contributed by atoms with Crippen LogP contribution in [0.4, 0.5) is 5.69 Å². The lowest BCUT2D eigenvalue weighted by atomic mass is 10.2. The molecule has 1 aromatic heterocycles. The second-order valence-electron chi connectivity index (χ2n) is 6.30. The molecule has 0 atom stereocenters. The highest BCUT2D eigenvalue weighted by Crippen LogP contribution is 2.27. The Morgan fingerprint density at radius 2 is 1.67 bits per heavy atom. The predicted molar refractivity (Wildman–Crippen MR) is 125 cm³/mol. The Kier molecular flexibility index (Phi) is 6.23. The van der Waals surface area contributed by atoms with Crippen LogP contribution in [-0.2, 0) is 0 Å². The van der Waals surface area contributed by atoms with E-state index in [0.717, 1.165) is 32.9 Å². The molecule has 30 heavy (non-hydrogen) atoms. The summed E-state index contributed by atoms with van der Waals surface area (Å²) in [6, 6.07) is 27.3. The van der Waals surface area contributed by atoms with Crippen molar-refractivity contribution in [2.45, 2.75) is 0 Å². The lowest BCUT2D eigenvalue weighted by Crippen LogP contribution is -1.91. The van der Waals surface area contributed by atoms with E-state index < -0.39 is 0 Å². The number of ether oxygens (including phenoxy) is 1. The zero-order valence-corrected chi connectivity index (χ0v) is 18.2. The van der Waals surface area contributed by atoms with Crippen molar-refractivity contribution in [1.29, 1.82) is 5.26 Å². The number of aromatic nitrogens is 1. The van der Waals surface area contributed by atoms with Crippen LogP contribution in [0.15, 0.2) is 94.9 Å². The molecule has 0 saturated carbocycles. The largest absolute Gasteiger partial charge is 0.457 e. The lowest BCUT2D eigenvalue weighted by Gasteiger charge is -2.07. The first-order valence-corrected chi connectivity index (χ1v) is 10.8. The molecule has 6 heteroatoms. The van der Waals surface area contributed by atoms with Gasteiger partial charge in [-0.3, -0.25) is 0 Å². The average molecular weight is 474 g/mol. The van der Waals surface area contributed by atoms with Crippen molar-refractivity contribution in [2.24, 2.45) is 0 Å². The molecule has 0 bridgehead atoms. The van der Waals surface area contributed by atoms with Crippen molar-refractivity contribution in [1.82, 2.24) is 4.98 Å². The molecule has 4 aromatic rings. The highest BCUT2D eigenvalue weighted by Gasteiger charge is 2.09. The Morgan fingerprint density at radius 1 is 0.967 bits per heavy atom. The molecular formula is C24H16BrN3OS. The van der Waals surface area contributed by atoms with Gasteiger partial charge in [0.2, 0.25) is 0 Å². The average Bonchev–Trinajstić information content (AvgIpc) is 3.27. The van der Waals surface area contributed by atoms with Crippen molar-refractivity contribution >= 4 is 38.5 Å². The van der Waals surface area contributed by atoms with Gasteiger partial charge in [-0.05, 0) is 48.5 Å². The van der Waals surface area contributed by atoms with Crippen molar-refractivity contribution < 1.29 is 4.74 Å². The number of thiazole rings is 1. The van der Waals surface area contributed by atoms with Crippen molar-refractivity contribution in [3.63, 3.8) is 0 Å². The summed E-state index contributed by atoms with van der Waals surface area (Å²) >= 11 is 4.88. The maximum Gasteiger partial charge on any atom is 0.136 e. The summed E-state index contributed by atoms with van der Waals surface area (Å²) in [5.74, 6) is 1.53. The molecule has 0 aliphatic heterocycles. The molecule has 0 spiro atoms. The number of hydrogen-bond donors (Lipinski definition) is 1. The van der Waals surface area contributed by atoms with Gasteiger partial charge in [-0.25, -0.2) is 4.98 Å². The molecule has 0 aliphatic rings. The number of nitriles is 1. The minimum atomic E-state index is 0.480. The third kappa shape index (κ3) is 4.95. The van der Waals surface area contributed by atoms with Gasteiger partial charge in [-0.15, -0.1) is 11.3 Å². The standard InChI is InChI=1S/C24H16BrN3OS/c25-19-8-6-17(7-9-19)23-16-30-24(28-23)18(14-26)15-27-20-10-12-22(13-11-20)29-21-4-2-1-3-5-21/h1-13,15-16,27H/b18-15+. The number of nitrogens with one attached hydrogen (secondary N) is 1. The van der Waals surface area contributed by atoms with Crippen molar-refractivity contribution in [3.8, 4) is 28.8 Å². The van der Waals surface area contributed by atoms with Gasteiger partial charge in [-0.1, -0.05) is 46.3 Å². The SMILES string of the molecule is N#C/C(=C\Nc1ccc(Oc2ccccc2)cc1)c1nc(-c2ccc(Br)cc2)cs1. The summed E-state index contributed by atoms with van der Waals surface area (Å²) < 4.78 is 6.81. The smallest absolute Gasteiger partial charge is 0.136 e. The van der Waals surface area contributed by atoms with E-state index in [-0.39, 0.29) is 0 Å². The lowest BCUT2D eigenvalue weighted by molar-refractivity contribution is 0.483. The molecule has 3 aromatic carbocycles. The van der Waals surface area contributed by atoms with E-state index in [9.17, 15) is 5.26 Å². The van der Waals surface area contributed by atoms with E-state index in [1.165, 1.54) is 11.3 Å². The van der Waals surface area contributed by atoms with Gasteiger partial charge in [0.15, 0.2) is 0 Å². The third-order valence-electron chi connectivity index (χ3n) is 4.21. The molecule has 0 saturated heterocycles. The van der Waals surface area contributed by atoms with Gasteiger partial charge in [-0.2, -0.15) is 5.26 Å². The van der Waals surface area contributed by atoms with E-state index in [4.69, 9.17) is 4.74 Å². The predicted octanol–water partition coefficient (Wildman–Crippen LogP) is 7.34. The fourth-order valence-corrected chi connectivity index (χ4v) is 3.75. The second kappa shape index (κ2) is 9.40. The van der Waals surface area contributed by atoms with Gasteiger partial charge in [0.1, 0.15) is 28.1 Å². The normalized spacial score (nSPS) is 11.0. The van der Waals surface area contributed by atoms with Gasteiger partial charge >= 0.3 is 0 Å². The van der Waals surface area contributed by atoms with Crippen LogP contribution >= 0.6 is 27.3 Å². The third-order valence-corrected chi connectivity index (χ3v) is 5.62. The maximum atomic E-state index is 9.56. The first-order valence-electron chi connectivity index (χ1n) is 9.13. The first-order chi connectivity index (χ1) is 14.7. The number of para-hydroxylation sites is 1. The number of hydrogen-bond acceptors (Lipinski definition) is 5. The molecular weight excluding hydrogens is 458 g/mol. The van der Waals surface area contributed by atoms with Crippen LogP contribution in [0.2, 0.25) is 0 Å². The molecule has 0 unspecified atom stereocenters. The second-order valence-corrected chi connectivity index (χ2v) is 8.07. The van der Waals surface area contributed by atoms with Crippen LogP contribution < -0.4 is 10.1 Å². The van der Waals surface area contributed by atoms with E-state index in [1.54, 1.807) is 6.20 Å². The fourth-order valence-electron chi connectivity index (χ4n) is 2.69. The Balaban J connectivity index is 1.45. The quantitative estimate of drug-likeness (QED) is 0.297. The Morgan fingerprint density at radius 3 is 2.37 bits per heavy atom. The number of allylic oxidation sites excluding steroid dienone is 1.